The zero-order valence-corrected chi connectivity index (χ0v) is 16.7. The first-order chi connectivity index (χ1) is 15.0. The Morgan fingerprint density at radius 3 is 2.16 bits per heavy atom. The van der Waals surface area contributed by atoms with Crippen molar-refractivity contribution in [1.29, 1.82) is 0 Å². The van der Waals surface area contributed by atoms with E-state index in [1.165, 1.54) is 40.5 Å². The third-order valence-electron chi connectivity index (χ3n) is 4.32. The zero-order chi connectivity index (χ0) is 21.8. The first kappa shape index (κ1) is 20.0. The van der Waals surface area contributed by atoms with Crippen molar-refractivity contribution in [3.8, 4) is 5.69 Å². The van der Waals surface area contributed by atoms with Crippen molar-refractivity contribution in [3.05, 3.63) is 99.0 Å². The first-order valence-electron chi connectivity index (χ1n) is 9.05. The zero-order valence-electron chi connectivity index (χ0n) is 15.9. The lowest BCUT2D eigenvalue weighted by Crippen LogP contribution is -2.12. The van der Waals surface area contributed by atoms with Gasteiger partial charge in [0.15, 0.2) is 0 Å². The molecule has 31 heavy (non-hydrogen) atoms. The minimum atomic E-state index is -0.482. The lowest BCUT2D eigenvalue weighted by molar-refractivity contribution is -0.384. The van der Waals surface area contributed by atoms with Gasteiger partial charge in [0.1, 0.15) is 0 Å². The van der Waals surface area contributed by atoms with Crippen LogP contribution in [0.3, 0.4) is 0 Å². The summed E-state index contributed by atoms with van der Waals surface area (Å²) in [5.41, 5.74) is 2.07. The van der Waals surface area contributed by atoms with Gasteiger partial charge >= 0.3 is 0 Å². The molecule has 2 N–H and O–H groups in total. The van der Waals surface area contributed by atoms with Crippen LogP contribution in [0.15, 0.2) is 78.4 Å². The smallest absolute Gasteiger partial charge is 0.269 e. The van der Waals surface area contributed by atoms with E-state index in [2.05, 4.69) is 15.7 Å². The van der Waals surface area contributed by atoms with E-state index in [9.17, 15) is 19.7 Å². The Morgan fingerprint density at radius 1 is 0.935 bits per heavy atom. The summed E-state index contributed by atoms with van der Waals surface area (Å²) < 4.78 is 1.46. The molecule has 9 nitrogen and oxygen atoms in total. The highest BCUT2D eigenvalue weighted by Crippen LogP contribution is 2.18. The third kappa shape index (κ3) is 4.65. The predicted molar refractivity (Wildman–Crippen MR) is 117 cm³/mol. The fourth-order valence-corrected chi connectivity index (χ4v) is 3.37. The van der Waals surface area contributed by atoms with Crippen LogP contribution < -0.4 is 10.6 Å². The monoisotopic (exact) mass is 433 g/mol. The van der Waals surface area contributed by atoms with E-state index in [-0.39, 0.29) is 17.5 Å². The van der Waals surface area contributed by atoms with Gasteiger partial charge in [0.25, 0.3) is 17.5 Å². The number of non-ortho nitro benzene ring substituents is 1. The molecule has 2 amide bonds. The molecule has 0 saturated heterocycles. The molecule has 0 unspecified atom stereocenters. The van der Waals surface area contributed by atoms with E-state index in [1.807, 2.05) is 11.4 Å². The molecule has 0 atom stereocenters. The highest BCUT2D eigenvalue weighted by Gasteiger charge is 2.12. The van der Waals surface area contributed by atoms with Gasteiger partial charge in [-0.25, -0.2) is 4.68 Å². The van der Waals surface area contributed by atoms with Crippen LogP contribution in [0.5, 0.6) is 0 Å². The van der Waals surface area contributed by atoms with Gasteiger partial charge in [-0.15, -0.1) is 11.3 Å². The summed E-state index contributed by atoms with van der Waals surface area (Å²) in [5.74, 6) is -0.547. The van der Waals surface area contributed by atoms with E-state index in [4.69, 9.17) is 0 Å². The largest absolute Gasteiger partial charge is 0.322 e. The number of carbonyl (C=O) groups is 2. The van der Waals surface area contributed by atoms with Crippen molar-refractivity contribution in [1.82, 2.24) is 9.78 Å². The number of nitrogens with one attached hydrogen (secondary N) is 2. The summed E-state index contributed by atoms with van der Waals surface area (Å²) in [7, 11) is 0. The number of nitrogens with zero attached hydrogens (tertiary/aromatic N) is 3. The Kier molecular flexibility index (Phi) is 5.54. The average Bonchev–Trinajstić information content (AvgIpc) is 3.48. The van der Waals surface area contributed by atoms with Gasteiger partial charge in [-0.05, 0) is 47.8 Å². The van der Waals surface area contributed by atoms with Crippen molar-refractivity contribution in [2.24, 2.45) is 0 Å². The summed E-state index contributed by atoms with van der Waals surface area (Å²) in [6, 6.07) is 16.2. The number of carbonyl (C=O) groups excluding carboxylic acids is 2. The van der Waals surface area contributed by atoms with Gasteiger partial charge in [-0.2, -0.15) is 5.10 Å². The van der Waals surface area contributed by atoms with Gasteiger partial charge < -0.3 is 10.6 Å². The standard InChI is InChI=1S/C21H15N5O4S/c27-20(14-12-22-25(13-14)17-7-9-18(10-8-17)26(29)30)23-15-3-5-16(6-4-15)24-21(28)19-2-1-11-31-19/h1-13H,(H,23,27)(H,24,28). The van der Waals surface area contributed by atoms with Crippen LogP contribution in [-0.2, 0) is 0 Å². The second kappa shape index (κ2) is 8.59. The maximum absolute atomic E-state index is 12.5. The van der Waals surface area contributed by atoms with Crippen LogP contribution in [0.25, 0.3) is 5.69 Å². The topological polar surface area (TPSA) is 119 Å². The number of rotatable bonds is 6. The molecule has 2 aromatic carbocycles. The first-order valence-corrected chi connectivity index (χ1v) is 9.93. The minimum absolute atomic E-state index is 0.0242. The molecule has 0 aliphatic carbocycles. The average molecular weight is 433 g/mol. The second-order valence-corrected chi connectivity index (χ2v) is 7.36. The van der Waals surface area contributed by atoms with Crippen molar-refractivity contribution < 1.29 is 14.5 Å². The molecule has 4 rings (SSSR count). The number of aromatic nitrogens is 2. The maximum atomic E-state index is 12.5. The molecule has 0 radical (unpaired) electrons. The number of nitro groups is 1. The molecule has 2 aromatic heterocycles. The number of benzene rings is 2. The molecule has 154 valence electrons. The minimum Gasteiger partial charge on any atom is -0.322 e. The van der Waals surface area contributed by atoms with Crippen LogP contribution in [0, 0.1) is 10.1 Å². The van der Waals surface area contributed by atoms with Crippen LogP contribution in [0.4, 0.5) is 17.1 Å². The predicted octanol–water partition coefficient (Wildman–Crippen LogP) is 4.35. The maximum Gasteiger partial charge on any atom is 0.269 e. The Morgan fingerprint density at radius 2 is 1.58 bits per heavy atom. The van der Waals surface area contributed by atoms with Crippen LogP contribution in [-0.4, -0.2) is 26.5 Å². The lowest BCUT2D eigenvalue weighted by Gasteiger charge is -2.07. The molecule has 10 heteroatoms. The summed E-state index contributed by atoms with van der Waals surface area (Å²) in [4.78, 5) is 35.5. The summed E-state index contributed by atoms with van der Waals surface area (Å²) in [6.45, 7) is 0. The molecular formula is C21H15N5O4S. The van der Waals surface area contributed by atoms with Crippen LogP contribution >= 0.6 is 11.3 Å². The highest BCUT2D eigenvalue weighted by molar-refractivity contribution is 7.12. The number of anilines is 2. The fraction of sp³-hybridized carbons (Fsp3) is 0. The highest BCUT2D eigenvalue weighted by atomic mass is 32.1. The SMILES string of the molecule is O=C(Nc1ccc(NC(=O)c2cccs2)cc1)c1cnn(-c2ccc([N+](=O)[O-])cc2)c1. The Labute approximate surface area is 180 Å². The van der Waals surface area contributed by atoms with Crippen molar-refractivity contribution in [2.75, 3.05) is 10.6 Å². The van der Waals surface area contributed by atoms with E-state index in [0.717, 1.165) is 0 Å². The second-order valence-electron chi connectivity index (χ2n) is 6.41. The van der Waals surface area contributed by atoms with Crippen molar-refractivity contribution in [2.45, 2.75) is 0 Å². The van der Waals surface area contributed by atoms with Gasteiger partial charge in [0.2, 0.25) is 0 Å². The van der Waals surface area contributed by atoms with Gasteiger partial charge in [0.05, 0.1) is 27.2 Å². The van der Waals surface area contributed by atoms with Gasteiger partial charge in [0, 0.05) is 29.7 Å². The third-order valence-corrected chi connectivity index (χ3v) is 5.18. The Balaban J connectivity index is 1.39. The van der Waals surface area contributed by atoms with E-state index < -0.39 is 4.92 Å². The van der Waals surface area contributed by atoms with Crippen molar-refractivity contribution >= 4 is 40.2 Å². The number of thiophene rings is 1. The molecule has 0 spiro atoms. The van der Waals surface area contributed by atoms with Gasteiger partial charge in [-0.1, -0.05) is 6.07 Å². The summed E-state index contributed by atoms with van der Waals surface area (Å²) in [5, 5.41) is 22.3. The molecular weight excluding hydrogens is 418 g/mol. The quantitative estimate of drug-likeness (QED) is 0.346. The van der Waals surface area contributed by atoms with Gasteiger partial charge in [-0.3, -0.25) is 19.7 Å². The normalized spacial score (nSPS) is 10.5. The van der Waals surface area contributed by atoms with E-state index >= 15 is 0 Å². The summed E-state index contributed by atoms with van der Waals surface area (Å²) in [6.07, 6.45) is 2.94. The Hall–Kier alpha value is -4.31. The van der Waals surface area contributed by atoms with Crippen molar-refractivity contribution in [3.63, 3.8) is 0 Å². The number of hydrogen-bond donors (Lipinski definition) is 2. The number of hydrogen-bond acceptors (Lipinski definition) is 6. The molecule has 2 heterocycles. The Bertz CT molecular complexity index is 1230. The van der Waals surface area contributed by atoms with Crippen LogP contribution in [0.1, 0.15) is 20.0 Å². The lowest BCUT2D eigenvalue weighted by atomic mass is 10.2. The molecule has 4 aromatic rings. The van der Waals surface area contributed by atoms with E-state index in [0.29, 0.717) is 27.5 Å². The summed E-state index contributed by atoms with van der Waals surface area (Å²) >= 11 is 1.35. The van der Waals surface area contributed by atoms with E-state index in [1.54, 1.807) is 42.5 Å². The number of nitro benzene ring substituents is 1. The molecule has 0 aliphatic rings. The fourth-order valence-electron chi connectivity index (χ4n) is 2.75. The number of amides is 2. The van der Waals surface area contributed by atoms with Crippen LogP contribution in [0.2, 0.25) is 0 Å². The molecule has 0 saturated carbocycles. The molecule has 0 bridgehead atoms. The molecule has 0 aliphatic heterocycles. The molecule has 0 fully saturated rings.